The van der Waals surface area contributed by atoms with Crippen LogP contribution in [0.15, 0.2) is 0 Å². The van der Waals surface area contributed by atoms with Gasteiger partial charge in [-0.05, 0) is 163 Å². The van der Waals surface area contributed by atoms with E-state index in [0.717, 1.165) is 4.48 Å². The van der Waals surface area contributed by atoms with E-state index in [0.29, 0.717) is 27.7 Å². The number of rotatable bonds is 2. The molecule has 0 spiro atoms. The average Bonchev–Trinajstić information content (AvgIpc) is 3.32. The first-order chi connectivity index (χ1) is 23.2. The molecule has 4 heterocycles. The molecule has 0 atom stereocenters. The molecule has 5 heteroatoms. The van der Waals surface area contributed by atoms with Gasteiger partial charge in [-0.15, -0.1) is 0 Å². The summed E-state index contributed by atoms with van der Waals surface area (Å²) in [4.78, 5) is 0. The maximum Gasteiger partial charge on any atom is 0.0905 e. The lowest BCUT2D eigenvalue weighted by molar-refractivity contribution is -0.987. The van der Waals surface area contributed by atoms with Crippen LogP contribution < -0.4 is 0 Å². The fourth-order valence-corrected chi connectivity index (χ4v) is 8.12. The van der Waals surface area contributed by atoms with Gasteiger partial charge in [-0.1, -0.05) is 0 Å². The summed E-state index contributed by atoms with van der Waals surface area (Å²) in [6.07, 6.45) is 14.3. The van der Waals surface area contributed by atoms with Crippen molar-refractivity contribution in [3.8, 4) is 0 Å². The van der Waals surface area contributed by atoms with Crippen LogP contribution in [-0.2, 0) is 0 Å². The molecular weight excluding hydrogens is 695 g/mol. The van der Waals surface area contributed by atoms with Crippen LogP contribution in [0, 0.1) is 37.1 Å². The number of nitrogens with zero attached hydrogens (tertiary/aromatic N) is 5. The summed E-state index contributed by atoms with van der Waals surface area (Å²) < 4.78 is 6.24. The van der Waals surface area contributed by atoms with Crippen LogP contribution in [0.2, 0.25) is 0 Å². The summed E-state index contributed by atoms with van der Waals surface area (Å²) >= 11 is 0. The Bertz CT molecular complexity index is 936. The smallest absolute Gasteiger partial charge is 0.0905 e. The molecule has 57 heavy (non-hydrogen) atoms. The fourth-order valence-electron chi connectivity index (χ4n) is 8.12. The van der Waals surface area contributed by atoms with E-state index in [9.17, 15) is 0 Å². The van der Waals surface area contributed by atoms with Gasteiger partial charge in [-0.3, -0.25) is 0 Å². The molecule has 4 aliphatic rings. The molecule has 0 aromatic carbocycles. The van der Waals surface area contributed by atoms with Crippen LogP contribution in [0.25, 0.3) is 0 Å². The highest BCUT2D eigenvalue weighted by Crippen LogP contribution is 2.31. The normalized spacial score (nSPS) is 20.9. The van der Waals surface area contributed by atoms with E-state index in [1.54, 1.807) is 0 Å². The van der Waals surface area contributed by atoms with Crippen molar-refractivity contribution in [2.75, 3.05) is 101 Å². The minimum Gasteiger partial charge on any atom is -0.358 e. The average molecular weight is 817 g/mol. The molecule has 0 aromatic heterocycles. The lowest BCUT2D eigenvalue weighted by atomic mass is 9.96. The van der Waals surface area contributed by atoms with Gasteiger partial charge in [-0.25, -0.2) is 0 Å². The monoisotopic (exact) mass is 816 g/mol. The van der Waals surface area contributed by atoms with Crippen LogP contribution >= 0.6 is 0 Å². The molecule has 0 aromatic rings. The highest BCUT2D eigenvalue weighted by Gasteiger charge is 2.42. The second kappa shape index (κ2) is 26.3. The Labute approximate surface area is 368 Å². The molecule has 4 aliphatic heterocycles. The number of likely N-dealkylation sites (tertiary alicyclic amines) is 4. The third kappa shape index (κ3) is 20.5. The molecule has 4 fully saturated rings. The van der Waals surface area contributed by atoms with Gasteiger partial charge >= 0.3 is 0 Å². The molecule has 4 rings (SSSR count). The zero-order valence-corrected chi connectivity index (χ0v) is 45.9. The van der Waals surface area contributed by atoms with Gasteiger partial charge in [0, 0.05) is 19.3 Å². The molecule has 0 aliphatic carbocycles. The summed E-state index contributed by atoms with van der Waals surface area (Å²) in [7, 11) is 11.9. The molecule has 4 saturated heterocycles. The number of piperidine rings is 1. The van der Waals surface area contributed by atoms with Crippen molar-refractivity contribution in [1.82, 2.24) is 0 Å². The topological polar surface area (TPSA) is 0 Å². The Hall–Kier alpha value is -0.200. The van der Waals surface area contributed by atoms with Crippen molar-refractivity contribution in [3.63, 3.8) is 0 Å². The summed E-state index contributed by atoms with van der Waals surface area (Å²) in [5, 5.41) is 0. The standard InChI is InChI=1S/C11H24N.C10H22N.C9H20N.C9H22N.C8H18N.5CH3/c1-11(2,3)12(4)9-7-5-6-8-10-12;1-10(2,3)11(4)8-6-5-7-9-11;1-9(2,3)10(4)7-5-6-8-10;1-7-10(6,8-2)9(3,4)5;1-8(2,3)9(4)6-5-7-9;;;;;/h5-10H2,1-4H3;5-9H2,1-4H3;5-8H2,1-4H3;7-8H2,1-6H3;5-7H2,1-4H3;5*1H3/q5*+1;5*-1. The van der Waals surface area contributed by atoms with E-state index in [1.807, 2.05) is 0 Å². The second-order valence-corrected chi connectivity index (χ2v) is 23.8. The molecule has 0 bridgehead atoms. The minimum atomic E-state index is 0. The van der Waals surface area contributed by atoms with E-state index in [1.165, 1.54) is 148 Å². The predicted octanol–water partition coefficient (Wildman–Crippen LogP) is 13.4. The van der Waals surface area contributed by atoms with Crippen molar-refractivity contribution in [1.29, 1.82) is 0 Å². The molecule has 0 saturated carbocycles. The summed E-state index contributed by atoms with van der Waals surface area (Å²) in [6, 6.07) is 0. The molecular formula is C52H121N5. The van der Waals surface area contributed by atoms with Crippen molar-refractivity contribution < 1.29 is 22.4 Å². The number of hydrogen-bond acceptors (Lipinski definition) is 0. The lowest BCUT2D eigenvalue weighted by Gasteiger charge is -2.51. The Balaban J connectivity index is -0.000000140. The van der Waals surface area contributed by atoms with Crippen molar-refractivity contribution >= 4 is 0 Å². The summed E-state index contributed by atoms with van der Waals surface area (Å²) in [6.45, 7) is 53.1. The summed E-state index contributed by atoms with van der Waals surface area (Å²) in [5.41, 5.74) is 2.20. The van der Waals surface area contributed by atoms with Gasteiger partial charge in [0.05, 0.1) is 128 Å². The van der Waals surface area contributed by atoms with Gasteiger partial charge in [0.2, 0.25) is 0 Å². The first-order valence-electron chi connectivity index (χ1n) is 22.4. The molecule has 5 nitrogen and oxygen atoms in total. The molecule has 0 N–H and O–H groups in total. The largest absolute Gasteiger partial charge is 0.358 e. The first-order valence-corrected chi connectivity index (χ1v) is 22.4. The quantitative estimate of drug-likeness (QED) is 0.192. The third-order valence-corrected chi connectivity index (χ3v) is 16.2. The Morgan fingerprint density at radius 1 is 0.316 bits per heavy atom. The van der Waals surface area contributed by atoms with Crippen LogP contribution in [0.1, 0.15) is 182 Å². The van der Waals surface area contributed by atoms with E-state index in [2.05, 4.69) is 153 Å². The summed E-state index contributed by atoms with van der Waals surface area (Å²) in [5.74, 6) is 0. The van der Waals surface area contributed by atoms with Crippen LogP contribution in [0.5, 0.6) is 0 Å². The van der Waals surface area contributed by atoms with Gasteiger partial charge in [0.1, 0.15) is 0 Å². The fraction of sp³-hybridized carbons (Fsp3) is 0.904. The van der Waals surface area contributed by atoms with E-state index in [4.69, 9.17) is 0 Å². The first kappa shape index (κ1) is 68.5. The van der Waals surface area contributed by atoms with E-state index < -0.39 is 0 Å². The van der Waals surface area contributed by atoms with Gasteiger partial charge < -0.3 is 59.5 Å². The van der Waals surface area contributed by atoms with Crippen molar-refractivity contribution in [3.05, 3.63) is 37.1 Å². The second-order valence-electron chi connectivity index (χ2n) is 23.8. The van der Waals surface area contributed by atoms with Gasteiger partial charge in [0.25, 0.3) is 0 Å². The van der Waals surface area contributed by atoms with Crippen LogP contribution in [0.3, 0.4) is 0 Å². The Kier molecular flexibility index (Phi) is 31.6. The lowest BCUT2D eigenvalue weighted by Crippen LogP contribution is -2.64. The Morgan fingerprint density at radius 3 is 0.579 bits per heavy atom. The zero-order valence-electron chi connectivity index (χ0n) is 45.9. The van der Waals surface area contributed by atoms with Crippen molar-refractivity contribution in [2.45, 2.75) is 210 Å². The maximum absolute atomic E-state index is 2.42. The SMILES string of the molecule is CC(C)(C)[N+]1(C)CCC1.CC(C)(C)[N+]1(C)CCCC1.CC(C)(C)[N+]1(C)CCCCC1.CC(C)(C)[N+]1(C)CCCCCC1.CC[N+](C)(CC)C(C)(C)C.[CH3-].[CH3-].[CH3-].[CH3-].[CH3-]. The maximum atomic E-state index is 2.42. The van der Waals surface area contributed by atoms with Gasteiger partial charge in [0.15, 0.2) is 0 Å². The van der Waals surface area contributed by atoms with Crippen molar-refractivity contribution in [2.24, 2.45) is 0 Å². The number of quaternary nitrogens is 5. The highest BCUT2D eigenvalue weighted by molar-refractivity contribution is 4.69. The van der Waals surface area contributed by atoms with E-state index >= 15 is 0 Å². The number of hydrogen-bond donors (Lipinski definition) is 0. The molecule has 0 amide bonds. The molecule has 354 valence electrons. The van der Waals surface area contributed by atoms with Gasteiger partial charge in [-0.2, -0.15) is 0 Å². The zero-order chi connectivity index (χ0) is 41.1. The minimum absolute atomic E-state index is 0. The third-order valence-electron chi connectivity index (χ3n) is 16.2. The molecule has 0 unspecified atom stereocenters. The highest BCUT2D eigenvalue weighted by atomic mass is 15.4. The van der Waals surface area contributed by atoms with Crippen LogP contribution in [-0.4, -0.2) is 151 Å². The molecule has 0 radical (unpaired) electrons. The predicted molar refractivity (Wildman–Crippen MR) is 268 cm³/mol. The van der Waals surface area contributed by atoms with E-state index in [-0.39, 0.29) is 37.1 Å². The Morgan fingerprint density at radius 2 is 0.474 bits per heavy atom. The van der Waals surface area contributed by atoms with Crippen LogP contribution in [0.4, 0.5) is 0 Å².